The Bertz CT molecular complexity index is 1350. The predicted octanol–water partition coefficient (Wildman–Crippen LogP) is 6.55. The molecule has 33 heavy (non-hydrogen) atoms. The molecule has 2 heterocycles. The highest BCUT2D eigenvalue weighted by atomic mass is 35.5. The van der Waals surface area contributed by atoms with Gasteiger partial charge in [0.15, 0.2) is 0 Å². The molecule has 1 aliphatic rings. The topological polar surface area (TPSA) is 85.5 Å². The fraction of sp³-hybridized carbons (Fsp3) is 0.130. The molecule has 7 nitrogen and oxygen atoms in total. The average Bonchev–Trinajstić information content (AvgIpc) is 3.18. The summed E-state index contributed by atoms with van der Waals surface area (Å²) >= 11 is 13.2. The van der Waals surface area contributed by atoms with Gasteiger partial charge < -0.3 is 4.57 Å². The number of thioether (sulfide) groups is 1. The molecule has 0 bridgehead atoms. The maximum absolute atomic E-state index is 12.9. The van der Waals surface area contributed by atoms with Gasteiger partial charge in [-0.05, 0) is 67.1 Å². The van der Waals surface area contributed by atoms with Crippen LogP contribution in [0.5, 0.6) is 0 Å². The molecule has 0 aliphatic carbocycles. The van der Waals surface area contributed by atoms with Crippen LogP contribution in [-0.2, 0) is 11.3 Å². The van der Waals surface area contributed by atoms with Crippen molar-refractivity contribution in [1.29, 1.82) is 0 Å². The number of carbonyl (C=O) groups is 2. The molecule has 0 atom stereocenters. The van der Waals surface area contributed by atoms with E-state index in [9.17, 15) is 19.7 Å². The Balaban J connectivity index is 1.63. The SMILES string of the molecule is Cc1cc(/C=C2/SC(=O)N(Cc3cccc([N+](=O)[O-])c3)C2=O)c(C)n1-c1ccc(Cl)cc1Cl. The number of nitro benzene ring substituents is 1. The lowest BCUT2D eigenvalue weighted by molar-refractivity contribution is -0.384. The Labute approximate surface area is 203 Å². The first-order valence-corrected chi connectivity index (χ1v) is 11.4. The van der Waals surface area contributed by atoms with Crippen LogP contribution in [0.4, 0.5) is 10.5 Å². The van der Waals surface area contributed by atoms with Crippen molar-refractivity contribution in [2.75, 3.05) is 0 Å². The Morgan fingerprint density at radius 1 is 1.09 bits per heavy atom. The second-order valence-corrected chi connectivity index (χ2v) is 9.29. The molecule has 0 unspecified atom stereocenters. The van der Waals surface area contributed by atoms with Crippen LogP contribution in [0, 0.1) is 24.0 Å². The van der Waals surface area contributed by atoms with Crippen LogP contribution in [0.1, 0.15) is 22.5 Å². The van der Waals surface area contributed by atoms with Gasteiger partial charge in [0.2, 0.25) is 0 Å². The zero-order valence-corrected chi connectivity index (χ0v) is 19.9. The van der Waals surface area contributed by atoms with Crippen molar-refractivity contribution in [2.45, 2.75) is 20.4 Å². The molecule has 2 aromatic carbocycles. The maximum atomic E-state index is 12.9. The molecule has 0 spiro atoms. The molecule has 1 aliphatic heterocycles. The smallest absolute Gasteiger partial charge is 0.293 e. The molecule has 1 fully saturated rings. The number of benzene rings is 2. The highest BCUT2D eigenvalue weighted by Crippen LogP contribution is 2.35. The molecule has 0 saturated carbocycles. The number of rotatable bonds is 5. The van der Waals surface area contributed by atoms with Crippen molar-refractivity contribution in [3.05, 3.63) is 96.1 Å². The Kier molecular flexibility index (Phi) is 6.34. The van der Waals surface area contributed by atoms with Crippen molar-refractivity contribution in [1.82, 2.24) is 9.47 Å². The molecule has 1 aromatic heterocycles. The predicted molar refractivity (Wildman–Crippen MR) is 130 cm³/mol. The summed E-state index contributed by atoms with van der Waals surface area (Å²) in [5.41, 5.74) is 3.70. The number of imide groups is 1. The highest BCUT2D eigenvalue weighted by molar-refractivity contribution is 8.18. The van der Waals surface area contributed by atoms with Crippen LogP contribution in [0.15, 0.2) is 53.4 Å². The molecule has 3 aromatic rings. The van der Waals surface area contributed by atoms with E-state index in [2.05, 4.69) is 0 Å². The second-order valence-electron chi connectivity index (χ2n) is 7.45. The number of nitrogens with zero attached hydrogens (tertiary/aromatic N) is 3. The van der Waals surface area contributed by atoms with Crippen molar-refractivity contribution >= 4 is 57.9 Å². The van der Waals surface area contributed by atoms with Gasteiger partial charge in [0.1, 0.15) is 0 Å². The molecule has 4 rings (SSSR count). The van der Waals surface area contributed by atoms with Gasteiger partial charge in [0.05, 0.1) is 27.1 Å². The minimum atomic E-state index is -0.514. The first-order chi connectivity index (χ1) is 15.7. The minimum Gasteiger partial charge on any atom is -0.316 e. The molecule has 0 radical (unpaired) electrons. The van der Waals surface area contributed by atoms with Crippen LogP contribution in [0.2, 0.25) is 10.0 Å². The maximum Gasteiger partial charge on any atom is 0.293 e. The van der Waals surface area contributed by atoms with Gasteiger partial charge >= 0.3 is 0 Å². The number of amides is 2. The van der Waals surface area contributed by atoms with E-state index in [1.807, 2.05) is 30.5 Å². The third-order valence-corrected chi connectivity index (χ3v) is 6.69. The van der Waals surface area contributed by atoms with E-state index in [1.54, 1.807) is 24.3 Å². The van der Waals surface area contributed by atoms with Crippen molar-refractivity contribution in [3.8, 4) is 5.69 Å². The van der Waals surface area contributed by atoms with E-state index < -0.39 is 16.1 Å². The lowest BCUT2D eigenvalue weighted by atomic mass is 10.2. The third-order valence-electron chi connectivity index (χ3n) is 5.24. The van der Waals surface area contributed by atoms with Gasteiger partial charge in [-0.1, -0.05) is 35.3 Å². The fourth-order valence-corrected chi connectivity index (χ4v) is 5.02. The molecular formula is C23H17Cl2N3O4S. The summed E-state index contributed by atoms with van der Waals surface area (Å²) in [6, 6.07) is 13.0. The standard InChI is InChI=1S/C23H17Cl2N3O4S/c1-13-8-16(14(2)27(13)20-7-6-17(24)11-19(20)25)10-21-22(29)26(23(30)33-21)12-15-4-3-5-18(9-15)28(31)32/h3-11H,12H2,1-2H3/b21-10+. The Hall–Kier alpha value is -3.07. The van der Waals surface area contributed by atoms with E-state index in [0.29, 0.717) is 15.6 Å². The van der Waals surface area contributed by atoms with Crippen LogP contribution < -0.4 is 0 Å². The van der Waals surface area contributed by atoms with Crippen LogP contribution >= 0.6 is 35.0 Å². The summed E-state index contributed by atoms with van der Waals surface area (Å²) in [6.07, 6.45) is 1.68. The first-order valence-electron chi connectivity index (χ1n) is 9.79. The fourth-order valence-electron chi connectivity index (χ4n) is 3.70. The van der Waals surface area contributed by atoms with E-state index in [0.717, 1.165) is 39.3 Å². The Morgan fingerprint density at radius 3 is 2.55 bits per heavy atom. The Morgan fingerprint density at radius 2 is 1.85 bits per heavy atom. The van der Waals surface area contributed by atoms with Gasteiger partial charge in [0.25, 0.3) is 16.8 Å². The first kappa shape index (κ1) is 23.1. The summed E-state index contributed by atoms with van der Waals surface area (Å²) < 4.78 is 1.96. The lowest BCUT2D eigenvalue weighted by Crippen LogP contribution is -2.27. The summed E-state index contributed by atoms with van der Waals surface area (Å²) in [5.74, 6) is -0.439. The van der Waals surface area contributed by atoms with Crippen LogP contribution in [-0.4, -0.2) is 25.5 Å². The minimum absolute atomic E-state index is 0.0386. The number of nitro groups is 1. The largest absolute Gasteiger partial charge is 0.316 e. The average molecular weight is 502 g/mol. The van der Waals surface area contributed by atoms with Gasteiger partial charge in [0, 0.05) is 28.5 Å². The molecule has 0 N–H and O–H groups in total. The van der Waals surface area contributed by atoms with Crippen LogP contribution in [0.25, 0.3) is 11.8 Å². The van der Waals surface area contributed by atoms with Gasteiger partial charge in [-0.25, -0.2) is 0 Å². The number of aryl methyl sites for hydroxylation is 1. The van der Waals surface area contributed by atoms with E-state index in [1.165, 1.54) is 18.2 Å². The number of aromatic nitrogens is 1. The van der Waals surface area contributed by atoms with Crippen molar-refractivity contribution in [2.24, 2.45) is 0 Å². The van der Waals surface area contributed by atoms with E-state index in [-0.39, 0.29) is 17.1 Å². The highest BCUT2D eigenvalue weighted by Gasteiger charge is 2.35. The monoisotopic (exact) mass is 501 g/mol. The number of hydrogen-bond acceptors (Lipinski definition) is 5. The van der Waals surface area contributed by atoms with E-state index >= 15 is 0 Å². The zero-order valence-electron chi connectivity index (χ0n) is 17.5. The van der Waals surface area contributed by atoms with Gasteiger partial charge in [-0.2, -0.15) is 0 Å². The van der Waals surface area contributed by atoms with Crippen LogP contribution in [0.3, 0.4) is 0 Å². The molecule has 10 heteroatoms. The van der Waals surface area contributed by atoms with E-state index in [4.69, 9.17) is 23.2 Å². The number of hydrogen-bond donors (Lipinski definition) is 0. The van der Waals surface area contributed by atoms with Crippen molar-refractivity contribution in [3.63, 3.8) is 0 Å². The molecular weight excluding hydrogens is 485 g/mol. The summed E-state index contributed by atoms with van der Waals surface area (Å²) in [6.45, 7) is 3.78. The summed E-state index contributed by atoms with van der Waals surface area (Å²) in [4.78, 5) is 37.3. The lowest BCUT2D eigenvalue weighted by Gasteiger charge is -2.12. The summed E-state index contributed by atoms with van der Waals surface area (Å²) in [5, 5.41) is 11.6. The third kappa shape index (κ3) is 4.55. The molecule has 2 amide bonds. The zero-order chi connectivity index (χ0) is 23.9. The quantitative estimate of drug-likeness (QED) is 0.225. The molecule has 1 saturated heterocycles. The van der Waals surface area contributed by atoms with Gasteiger partial charge in [-0.15, -0.1) is 0 Å². The summed E-state index contributed by atoms with van der Waals surface area (Å²) in [7, 11) is 0. The second kappa shape index (κ2) is 9.05. The number of halogens is 2. The number of non-ortho nitro benzene ring substituents is 1. The number of carbonyl (C=O) groups excluding carboxylic acids is 2. The van der Waals surface area contributed by atoms with Crippen molar-refractivity contribution < 1.29 is 14.5 Å². The molecule has 168 valence electrons. The van der Waals surface area contributed by atoms with Gasteiger partial charge in [-0.3, -0.25) is 24.6 Å². The normalized spacial score (nSPS) is 15.0.